The maximum atomic E-state index is 4.86. The Bertz CT molecular complexity index is 827. The Morgan fingerprint density at radius 2 is 2.15 bits per heavy atom. The van der Waals surface area contributed by atoms with Crippen molar-refractivity contribution in [3.05, 3.63) is 60.1 Å². The van der Waals surface area contributed by atoms with Gasteiger partial charge in [0.2, 0.25) is 0 Å². The molecule has 0 bridgehead atoms. The molecule has 0 aliphatic heterocycles. The quantitative estimate of drug-likeness (QED) is 0.353. The van der Waals surface area contributed by atoms with Crippen molar-refractivity contribution in [1.82, 2.24) is 29.9 Å². The van der Waals surface area contributed by atoms with E-state index in [0.717, 1.165) is 28.9 Å². The predicted octanol–water partition coefficient (Wildman–Crippen LogP) is 2.39. The Morgan fingerprint density at radius 1 is 1.31 bits per heavy atom. The zero-order chi connectivity index (χ0) is 17.6. The highest BCUT2D eigenvalue weighted by atomic mass is 127. The zero-order valence-corrected chi connectivity index (χ0v) is 17.3. The van der Waals surface area contributed by atoms with Crippen molar-refractivity contribution >= 4 is 29.9 Å². The van der Waals surface area contributed by atoms with E-state index in [1.54, 1.807) is 19.5 Å². The Kier molecular flexibility index (Phi) is 7.13. The molecule has 8 nitrogen and oxygen atoms in total. The van der Waals surface area contributed by atoms with Crippen molar-refractivity contribution in [2.45, 2.75) is 20.0 Å². The van der Waals surface area contributed by atoms with Gasteiger partial charge in [0.1, 0.15) is 23.6 Å². The zero-order valence-electron chi connectivity index (χ0n) is 15.0. The molecule has 3 aromatic heterocycles. The van der Waals surface area contributed by atoms with E-state index in [9.17, 15) is 0 Å². The topological polar surface area (TPSA) is 84.4 Å². The van der Waals surface area contributed by atoms with E-state index in [0.29, 0.717) is 13.1 Å². The summed E-state index contributed by atoms with van der Waals surface area (Å²) in [4.78, 5) is 15.0. The van der Waals surface area contributed by atoms with Gasteiger partial charge in [0, 0.05) is 45.3 Å². The monoisotopic (exact) mass is 467 g/mol. The third kappa shape index (κ3) is 4.81. The van der Waals surface area contributed by atoms with Crippen LogP contribution in [0.2, 0.25) is 0 Å². The molecule has 138 valence electrons. The Balaban J connectivity index is 0.00000243. The summed E-state index contributed by atoms with van der Waals surface area (Å²) >= 11 is 0. The van der Waals surface area contributed by atoms with E-state index in [4.69, 9.17) is 4.52 Å². The molecule has 0 aliphatic rings. The van der Waals surface area contributed by atoms with Crippen LogP contribution in [0.1, 0.15) is 17.1 Å². The van der Waals surface area contributed by atoms with Gasteiger partial charge in [-0.15, -0.1) is 24.0 Å². The predicted molar refractivity (Wildman–Crippen MR) is 110 cm³/mol. The van der Waals surface area contributed by atoms with E-state index in [-0.39, 0.29) is 24.0 Å². The number of pyridine rings is 1. The van der Waals surface area contributed by atoms with Crippen molar-refractivity contribution in [2.75, 3.05) is 14.1 Å². The van der Waals surface area contributed by atoms with Gasteiger partial charge < -0.3 is 14.7 Å². The minimum absolute atomic E-state index is 0. The molecule has 3 aromatic rings. The fourth-order valence-electron chi connectivity index (χ4n) is 2.49. The van der Waals surface area contributed by atoms with E-state index in [2.05, 4.69) is 25.4 Å². The molecule has 26 heavy (non-hydrogen) atoms. The van der Waals surface area contributed by atoms with Gasteiger partial charge in [-0.1, -0.05) is 11.2 Å². The Morgan fingerprint density at radius 3 is 2.73 bits per heavy atom. The van der Waals surface area contributed by atoms with Crippen LogP contribution in [0, 0.1) is 6.92 Å². The second kappa shape index (κ2) is 9.32. The van der Waals surface area contributed by atoms with Crippen molar-refractivity contribution < 1.29 is 4.52 Å². The first-order chi connectivity index (χ1) is 12.2. The van der Waals surface area contributed by atoms with Crippen molar-refractivity contribution in [3.8, 4) is 5.82 Å². The fourth-order valence-corrected chi connectivity index (χ4v) is 2.49. The lowest BCUT2D eigenvalue weighted by Gasteiger charge is -2.21. The highest BCUT2D eigenvalue weighted by Crippen LogP contribution is 2.08. The van der Waals surface area contributed by atoms with Crippen LogP contribution in [0.4, 0.5) is 0 Å². The van der Waals surface area contributed by atoms with Gasteiger partial charge in [0.25, 0.3) is 0 Å². The molecule has 0 fully saturated rings. The van der Waals surface area contributed by atoms with Gasteiger partial charge in [-0.25, -0.2) is 9.97 Å². The molecular weight excluding hydrogens is 445 g/mol. The number of aliphatic imine (C=N–C) groups is 1. The molecule has 0 saturated heterocycles. The lowest BCUT2D eigenvalue weighted by atomic mass is 10.3. The molecule has 3 rings (SSSR count). The minimum Gasteiger partial charge on any atom is -0.364 e. The summed E-state index contributed by atoms with van der Waals surface area (Å²) < 4.78 is 6.80. The van der Waals surface area contributed by atoms with Gasteiger partial charge in [-0.2, -0.15) is 0 Å². The second-order valence-electron chi connectivity index (χ2n) is 5.62. The highest BCUT2D eigenvalue weighted by molar-refractivity contribution is 14.0. The van der Waals surface area contributed by atoms with E-state index >= 15 is 0 Å². The molecule has 0 amide bonds. The molecule has 9 heteroatoms. The first-order valence-corrected chi connectivity index (χ1v) is 7.93. The maximum absolute atomic E-state index is 4.86. The number of rotatable bonds is 5. The van der Waals surface area contributed by atoms with Crippen molar-refractivity contribution in [1.29, 1.82) is 0 Å². The molecule has 1 N–H and O–H groups in total. The second-order valence-corrected chi connectivity index (χ2v) is 5.62. The first-order valence-electron chi connectivity index (χ1n) is 7.93. The van der Waals surface area contributed by atoms with Crippen LogP contribution in [-0.2, 0) is 13.1 Å². The number of nitrogens with zero attached hydrogens (tertiary/aromatic N) is 6. The highest BCUT2D eigenvalue weighted by Gasteiger charge is 2.09. The van der Waals surface area contributed by atoms with Gasteiger partial charge >= 0.3 is 0 Å². The summed E-state index contributed by atoms with van der Waals surface area (Å²) in [7, 11) is 3.71. The standard InChI is InChI=1S/C17H21N7O.HI/c1-13-19-7-8-24(13)16-5-4-14(10-20-16)11-21-17(18-2)23(3)12-15-6-9-25-22-15;/h4-10H,11-12H2,1-3H3,(H,18,21);1H. The third-order valence-corrected chi connectivity index (χ3v) is 3.80. The number of imidazole rings is 1. The average molecular weight is 467 g/mol. The number of halogens is 1. The summed E-state index contributed by atoms with van der Waals surface area (Å²) in [5, 5.41) is 7.24. The minimum atomic E-state index is 0. The molecule has 3 heterocycles. The van der Waals surface area contributed by atoms with Crippen LogP contribution in [0.25, 0.3) is 5.82 Å². The van der Waals surface area contributed by atoms with Gasteiger partial charge in [-0.05, 0) is 18.6 Å². The van der Waals surface area contributed by atoms with Gasteiger partial charge in [0.05, 0.1) is 6.54 Å². The van der Waals surface area contributed by atoms with Crippen LogP contribution >= 0.6 is 24.0 Å². The number of aromatic nitrogens is 4. The number of aryl methyl sites for hydroxylation is 1. The maximum Gasteiger partial charge on any atom is 0.194 e. The lowest BCUT2D eigenvalue weighted by molar-refractivity contribution is 0.391. The smallest absolute Gasteiger partial charge is 0.194 e. The summed E-state index contributed by atoms with van der Waals surface area (Å²) in [5.41, 5.74) is 1.92. The van der Waals surface area contributed by atoms with Crippen LogP contribution in [0.15, 0.2) is 52.6 Å². The van der Waals surface area contributed by atoms with Gasteiger partial charge in [-0.3, -0.25) is 9.56 Å². The molecule has 0 radical (unpaired) electrons. The summed E-state index contributed by atoms with van der Waals surface area (Å²) in [6.07, 6.45) is 7.08. The summed E-state index contributed by atoms with van der Waals surface area (Å²) in [6.45, 7) is 3.20. The molecule has 0 saturated carbocycles. The first kappa shape index (κ1) is 19.9. The normalized spacial score (nSPS) is 11.1. The SMILES string of the molecule is CN=C(NCc1ccc(-n2ccnc2C)nc1)N(C)Cc1ccon1.I. The van der Waals surface area contributed by atoms with Crippen molar-refractivity contribution in [3.63, 3.8) is 0 Å². The molecule has 0 atom stereocenters. The number of guanidine groups is 1. The van der Waals surface area contributed by atoms with E-state index in [1.807, 2.05) is 54.0 Å². The van der Waals surface area contributed by atoms with E-state index < -0.39 is 0 Å². The number of nitrogens with one attached hydrogen (secondary N) is 1. The van der Waals surface area contributed by atoms with Crippen LogP contribution < -0.4 is 5.32 Å². The summed E-state index contributed by atoms with van der Waals surface area (Å²) in [6, 6.07) is 5.86. The fraction of sp³-hybridized carbons (Fsp3) is 0.294. The van der Waals surface area contributed by atoms with Gasteiger partial charge in [0.15, 0.2) is 5.96 Å². The Labute approximate surface area is 169 Å². The van der Waals surface area contributed by atoms with Crippen LogP contribution in [0.5, 0.6) is 0 Å². The Hall–Kier alpha value is -2.43. The molecule has 0 unspecified atom stereocenters. The number of hydrogen-bond acceptors (Lipinski definition) is 5. The average Bonchev–Trinajstić information content (AvgIpc) is 3.28. The molecule has 0 spiro atoms. The molecule has 0 aliphatic carbocycles. The van der Waals surface area contributed by atoms with E-state index in [1.165, 1.54) is 0 Å². The van der Waals surface area contributed by atoms with Crippen LogP contribution in [-0.4, -0.2) is 44.6 Å². The molecular formula is C17H22IN7O. The third-order valence-electron chi connectivity index (χ3n) is 3.80. The largest absolute Gasteiger partial charge is 0.364 e. The molecule has 0 aromatic carbocycles. The summed E-state index contributed by atoms with van der Waals surface area (Å²) in [5.74, 6) is 2.54. The van der Waals surface area contributed by atoms with Crippen LogP contribution in [0.3, 0.4) is 0 Å². The van der Waals surface area contributed by atoms with Crippen molar-refractivity contribution in [2.24, 2.45) is 4.99 Å². The lowest BCUT2D eigenvalue weighted by Crippen LogP contribution is -2.38. The number of hydrogen-bond donors (Lipinski definition) is 1.